The number of nitrogens with two attached hydrogens (primary N) is 1. The zero-order valence-electron chi connectivity index (χ0n) is 11.2. The summed E-state index contributed by atoms with van der Waals surface area (Å²) in [6.07, 6.45) is 2.11. The van der Waals surface area contributed by atoms with Crippen LogP contribution in [0.25, 0.3) is 0 Å². The van der Waals surface area contributed by atoms with Crippen molar-refractivity contribution in [2.24, 2.45) is 5.84 Å². The third-order valence-electron chi connectivity index (χ3n) is 2.84. The van der Waals surface area contributed by atoms with Gasteiger partial charge in [-0.15, -0.1) is 0 Å². The molecule has 0 amide bonds. The standard InChI is InChI=1S/C14H16N6/c1-11-10-17-14(19-16)18-13(11)20(9-5-8-15)12-6-3-2-4-7-12/h2-4,6-7,10H,5,9,16H2,1H3,(H,17,18,19). The van der Waals surface area contributed by atoms with Crippen molar-refractivity contribution < 1.29 is 0 Å². The zero-order chi connectivity index (χ0) is 14.4. The molecule has 0 aliphatic rings. The molecule has 6 heteroatoms. The summed E-state index contributed by atoms with van der Waals surface area (Å²) in [4.78, 5) is 10.5. The summed E-state index contributed by atoms with van der Waals surface area (Å²) in [5.74, 6) is 6.46. The average Bonchev–Trinajstić information content (AvgIpc) is 2.50. The van der Waals surface area contributed by atoms with Gasteiger partial charge in [-0.25, -0.2) is 10.8 Å². The predicted octanol–water partition coefficient (Wildman–Crippen LogP) is 2.12. The summed E-state index contributed by atoms with van der Waals surface area (Å²) in [6.45, 7) is 2.49. The molecule has 0 radical (unpaired) electrons. The predicted molar refractivity (Wildman–Crippen MR) is 78.3 cm³/mol. The van der Waals surface area contributed by atoms with Crippen molar-refractivity contribution in [2.45, 2.75) is 13.3 Å². The van der Waals surface area contributed by atoms with Gasteiger partial charge in [-0.05, 0) is 19.1 Å². The number of nitriles is 1. The molecule has 0 saturated carbocycles. The molecule has 2 rings (SSSR count). The number of para-hydroxylation sites is 1. The van der Waals surface area contributed by atoms with E-state index < -0.39 is 0 Å². The normalized spacial score (nSPS) is 9.85. The van der Waals surface area contributed by atoms with E-state index in [1.165, 1.54) is 0 Å². The van der Waals surface area contributed by atoms with E-state index in [1.807, 2.05) is 42.2 Å². The maximum Gasteiger partial charge on any atom is 0.239 e. The molecule has 2 aromatic rings. The minimum atomic E-state index is 0.350. The van der Waals surface area contributed by atoms with Gasteiger partial charge in [-0.2, -0.15) is 10.2 Å². The van der Waals surface area contributed by atoms with E-state index in [4.69, 9.17) is 11.1 Å². The molecular formula is C14H16N6. The van der Waals surface area contributed by atoms with Crippen molar-refractivity contribution in [1.29, 1.82) is 5.26 Å². The lowest BCUT2D eigenvalue weighted by molar-refractivity contribution is 0.911. The summed E-state index contributed by atoms with van der Waals surface area (Å²) in [6, 6.07) is 12.0. The van der Waals surface area contributed by atoms with Crippen molar-refractivity contribution in [3.8, 4) is 6.07 Å². The van der Waals surface area contributed by atoms with Crippen LogP contribution < -0.4 is 16.2 Å². The van der Waals surface area contributed by atoms with E-state index in [2.05, 4.69) is 21.5 Å². The van der Waals surface area contributed by atoms with Gasteiger partial charge in [0.1, 0.15) is 5.82 Å². The second-order valence-corrected chi connectivity index (χ2v) is 4.24. The van der Waals surface area contributed by atoms with E-state index in [9.17, 15) is 0 Å². The van der Waals surface area contributed by atoms with Crippen molar-refractivity contribution in [3.63, 3.8) is 0 Å². The Morgan fingerprint density at radius 3 is 2.75 bits per heavy atom. The quantitative estimate of drug-likeness (QED) is 0.637. The lowest BCUT2D eigenvalue weighted by Crippen LogP contribution is -2.22. The Hall–Kier alpha value is -2.65. The number of nitrogen functional groups attached to an aromatic ring is 1. The minimum Gasteiger partial charge on any atom is -0.325 e. The Kier molecular flexibility index (Phi) is 4.47. The Balaban J connectivity index is 2.44. The van der Waals surface area contributed by atoms with Gasteiger partial charge in [0.05, 0.1) is 12.5 Å². The van der Waals surface area contributed by atoms with E-state index in [-0.39, 0.29) is 0 Å². The largest absolute Gasteiger partial charge is 0.325 e. The summed E-state index contributed by atoms with van der Waals surface area (Å²) in [5, 5.41) is 8.84. The SMILES string of the molecule is Cc1cnc(NN)nc1N(CCC#N)c1ccccc1. The van der Waals surface area contributed by atoms with Gasteiger partial charge < -0.3 is 4.90 Å². The van der Waals surface area contributed by atoms with E-state index in [1.54, 1.807) is 6.20 Å². The number of hydrazine groups is 1. The first-order valence-electron chi connectivity index (χ1n) is 6.26. The number of rotatable bonds is 5. The smallest absolute Gasteiger partial charge is 0.239 e. The molecule has 0 aliphatic carbocycles. The van der Waals surface area contributed by atoms with Crippen LogP contribution in [0.5, 0.6) is 0 Å². The minimum absolute atomic E-state index is 0.350. The topological polar surface area (TPSA) is 90.9 Å². The molecular weight excluding hydrogens is 252 g/mol. The highest BCUT2D eigenvalue weighted by Gasteiger charge is 2.14. The molecule has 0 spiro atoms. The molecule has 0 fully saturated rings. The molecule has 1 heterocycles. The summed E-state index contributed by atoms with van der Waals surface area (Å²) >= 11 is 0. The molecule has 0 bridgehead atoms. The third-order valence-corrected chi connectivity index (χ3v) is 2.84. The Bertz CT molecular complexity index is 605. The molecule has 0 unspecified atom stereocenters. The van der Waals surface area contributed by atoms with Gasteiger partial charge in [-0.1, -0.05) is 18.2 Å². The Labute approximate surface area is 117 Å². The molecule has 1 aromatic heterocycles. The molecule has 0 aliphatic heterocycles. The highest BCUT2D eigenvalue weighted by Crippen LogP contribution is 2.26. The van der Waals surface area contributed by atoms with E-state index in [0.717, 1.165) is 17.1 Å². The van der Waals surface area contributed by atoms with Crippen molar-refractivity contribution in [1.82, 2.24) is 9.97 Å². The maximum atomic E-state index is 8.84. The lowest BCUT2D eigenvalue weighted by Gasteiger charge is -2.24. The first-order valence-corrected chi connectivity index (χ1v) is 6.26. The van der Waals surface area contributed by atoms with Crippen molar-refractivity contribution in [3.05, 3.63) is 42.1 Å². The van der Waals surface area contributed by atoms with Gasteiger partial charge in [0.2, 0.25) is 5.95 Å². The molecule has 1 aromatic carbocycles. The number of anilines is 3. The maximum absolute atomic E-state index is 8.84. The number of nitrogens with zero attached hydrogens (tertiary/aromatic N) is 4. The van der Waals surface area contributed by atoms with Crippen molar-refractivity contribution in [2.75, 3.05) is 16.9 Å². The van der Waals surface area contributed by atoms with E-state index >= 15 is 0 Å². The average molecular weight is 268 g/mol. The van der Waals surface area contributed by atoms with Gasteiger partial charge in [0, 0.05) is 24.0 Å². The van der Waals surface area contributed by atoms with Crippen LogP contribution in [0.1, 0.15) is 12.0 Å². The highest BCUT2D eigenvalue weighted by molar-refractivity contribution is 5.63. The zero-order valence-corrected chi connectivity index (χ0v) is 11.2. The van der Waals surface area contributed by atoms with Gasteiger partial charge >= 0.3 is 0 Å². The molecule has 20 heavy (non-hydrogen) atoms. The van der Waals surface area contributed by atoms with Crippen molar-refractivity contribution >= 4 is 17.5 Å². The first-order chi connectivity index (χ1) is 9.76. The molecule has 0 atom stereocenters. The van der Waals surface area contributed by atoms with Crippen LogP contribution in [0.15, 0.2) is 36.5 Å². The monoisotopic (exact) mass is 268 g/mol. The lowest BCUT2D eigenvalue weighted by atomic mass is 10.2. The molecule has 6 nitrogen and oxygen atoms in total. The summed E-state index contributed by atoms with van der Waals surface area (Å²) < 4.78 is 0. The van der Waals surface area contributed by atoms with E-state index in [0.29, 0.717) is 18.9 Å². The summed E-state index contributed by atoms with van der Waals surface area (Å²) in [5.41, 5.74) is 4.34. The summed E-state index contributed by atoms with van der Waals surface area (Å²) in [7, 11) is 0. The molecule has 0 saturated heterocycles. The molecule has 3 N–H and O–H groups in total. The second kappa shape index (κ2) is 6.50. The van der Waals surface area contributed by atoms with Crippen LogP contribution in [-0.4, -0.2) is 16.5 Å². The second-order valence-electron chi connectivity index (χ2n) is 4.24. The first kappa shape index (κ1) is 13.8. The van der Waals surface area contributed by atoms with Crippen LogP contribution in [0.3, 0.4) is 0 Å². The van der Waals surface area contributed by atoms with Crippen LogP contribution in [-0.2, 0) is 0 Å². The number of aromatic nitrogens is 2. The number of hydrogen-bond donors (Lipinski definition) is 2. The van der Waals surface area contributed by atoms with Crippen LogP contribution in [0, 0.1) is 18.3 Å². The van der Waals surface area contributed by atoms with Gasteiger partial charge in [0.15, 0.2) is 0 Å². The van der Waals surface area contributed by atoms with Crippen LogP contribution in [0.2, 0.25) is 0 Å². The molecule has 102 valence electrons. The van der Waals surface area contributed by atoms with Gasteiger partial charge in [0.25, 0.3) is 0 Å². The van der Waals surface area contributed by atoms with Gasteiger partial charge in [-0.3, -0.25) is 5.43 Å². The highest BCUT2D eigenvalue weighted by atomic mass is 15.3. The third kappa shape index (κ3) is 3.02. The number of hydrogen-bond acceptors (Lipinski definition) is 6. The Morgan fingerprint density at radius 2 is 2.10 bits per heavy atom. The Morgan fingerprint density at radius 1 is 1.35 bits per heavy atom. The fourth-order valence-corrected chi connectivity index (χ4v) is 1.90. The van der Waals surface area contributed by atoms with Crippen LogP contribution >= 0.6 is 0 Å². The number of benzene rings is 1. The van der Waals surface area contributed by atoms with Crippen LogP contribution in [0.4, 0.5) is 17.5 Å². The number of nitrogens with one attached hydrogen (secondary N) is 1. The fourth-order valence-electron chi connectivity index (χ4n) is 1.90. The number of aryl methyl sites for hydroxylation is 1. The fraction of sp³-hybridized carbons (Fsp3) is 0.214.